The molecule has 4 heteroatoms. The first-order valence-corrected chi connectivity index (χ1v) is 6.71. The highest BCUT2D eigenvalue weighted by Crippen LogP contribution is 2.45. The summed E-state index contributed by atoms with van der Waals surface area (Å²) in [5.74, 6) is 0. The van der Waals surface area contributed by atoms with E-state index in [1.807, 2.05) is 6.07 Å². The van der Waals surface area contributed by atoms with Crippen LogP contribution in [0.2, 0.25) is 5.02 Å². The molecule has 0 unspecified atom stereocenters. The van der Waals surface area contributed by atoms with Crippen molar-refractivity contribution in [3.63, 3.8) is 0 Å². The molecule has 3 rings (SSSR count). The molecule has 18 heavy (non-hydrogen) atoms. The van der Waals surface area contributed by atoms with Crippen LogP contribution in [0.15, 0.2) is 18.2 Å². The maximum atomic E-state index is 10.9. The third-order valence-electron chi connectivity index (χ3n) is 4.39. The van der Waals surface area contributed by atoms with Gasteiger partial charge in [0.15, 0.2) is 0 Å². The highest BCUT2D eigenvalue weighted by Gasteiger charge is 2.40. The summed E-state index contributed by atoms with van der Waals surface area (Å²) in [6.45, 7) is 1.33. The molecule has 1 aromatic rings. The van der Waals surface area contributed by atoms with Gasteiger partial charge in [0.1, 0.15) is 0 Å². The average molecular weight is 266 g/mol. The number of carboxylic acid groups (broad SMARTS) is 1. The molecule has 2 aliphatic rings. The van der Waals surface area contributed by atoms with E-state index in [0.717, 1.165) is 30.7 Å². The number of carbonyl (C=O) groups is 1. The van der Waals surface area contributed by atoms with Crippen LogP contribution in [0.3, 0.4) is 0 Å². The second-order valence-corrected chi connectivity index (χ2v) is 5.97. The summed E-state index contributed by atoms with van der Waals surface area (Å²) < 4.78 is 0. The fourth-order valence-corrected chi connectivity index (χ4v) is 3.52. The highest BCUT2D eigenvalue weighted by molar-refractivity contribution is 6.30. The number of hydrogen-bond donors (Lipinski definition) is 1. The van der Waals surface area contributed by atoms with Gasteiger partial charge in [-0.1, -0.05) is 17.7 Å². The Morgan fingerprint density at radius 2 is 1.89 bits per heavy atom. The van der Waals surface area contributed by atoms with Crippen molar-refractivity contribution in [1.29, 1.82) is 0 Å². The molecular formula is C14H16ClNO2. The SMILES string of the molecule is O=C(O)N1CCC2(CC1)Cc1ccc(Cl)cc1C2. The molecule has 0 bridgehead atoms. The summed E-state index contributed by atoms with van der Waals surface area (Å²) in [6, 6.07) is 6.14. The number of hydrogen-bond acceptors (Lipinski definition) is 1. The lowest BCUT2D eigenvalue weighted by atomic mass is 9.76. The van der Waals surface area contributed by atoms with Crippen molar-refractivity contribution in [3.8, 4) is 0 Å². The van der Waals surface area contributed by atoms with Gasteiger partial charge in [0.2, 0.25) is 0 Å². The topological polar surface area (TPSA) is 40.5 Å². The third-order valence-corrected chi connectivity index (χ3v) is 4.63. The molecule has 1 amide bonds. The molecule has 1 N–H and O–H groups in total. The molecule has 0 radical (unpaired) electrons. The lowest BCUT2D eigenvalue weighted by molar-refractivity contribution is 0.0938. The van der Waals surface area contributed by atoms with Crippen molar-refractivity contribution < 1.29 is 9.90 Å². The molecule has 1 saturated heterocycles. The van der Waals surface area contributed by atoms with Gasteiger partial charge in [-0.2, -0.15) is 0 Å². The summed E-state index contributed by atoms with van der Waals surface area (Å²) >= 11 is 6.03. The van der Waals surface area contributed by atoms with Gasteiger partial charge < -0.3 is 10.0 Å². The van der Waals surface area contributed by atoms with E-state index in [0.29, 0.717) is 13.1 Å². The van der Waals surface area contributed by atoms with E-state index in [-0.39, 0.29) is 5.41 Å². The van der Waals surface area contributed by atoms with Crippen molar-refractivity contribution in [1.82, 2.24) is 4.90 Å². The summed E-state index contributed by atoms with van der Waals surface area (Å²) in [6.07, 6.45) is 3.27. The second-order valence-electron chi connectivity index (χ2n) is 5.54. The number of piperidine rings is 1. The third kappa shape index (κ3) is 1.97. The van der Waals surface area contributed by atoms with Crippen LogP contribution >= 0.6 is 11.6 Å². The molecule has 0 atom stereocenters. The minimum atomic E-state index is -0.789. The molecule has 1 aliphatic heterocycles. The van der Waals surface area contributed by atoms with E-state index in [2.05, 4.69) is 12.1 Å². The van der Waals surface area contributed by atoms with Crippen LogP contribution in [0.5, 0.6) is 0 Å². The smallest absolute Gasteiger partial charge is 0.407 e. The Balaban J connectivity index is 1.76. The Kier molecular flexibility index (Phi) is 2.74. The van der Waals surface area contributed by atoms with Gasteiger partial charge >= 0.3 is 6.09 Å². The van der Waals surface area contributed by atoms with Crippen LogP contribution in [0.4, 0.5) is 4.79 Å². The number of nitrogens with zero attached hydrogens (tertiary/aromatic N) is 1. The van der Waals surface area contributed by atoms with E-state index in [1.165, 1.54) is 16.0 Å². The van der Waals surface area contributed by atoms with Gasteiger partial charge in [0.05, 0.1) is 0 Å². The van der Waals surface area contributed by atoms with Crippen molar-refractivity contribution >= 4 is 17.7 Å². The number of rotatable bonds is 0. The molecule has 1 heterocycles. The monoisotopic (exact) mass is 265 g/mol. The minimum Gasteiger partial charge on any atom is -0.465 e. The molecule has 0 aromatic heterocycles. The van der Waals surface area contributed by atoms with Crippen LogP contribution in [-0.4, -0.2) is 29.2 Å². The standard InChI is InChI=1S/C14H16ClNO2/c15-12-2-1-10-8-14(9-11(10)7-12)3-5-16(6-4-14)13(17)18/h1-2,7H,3-6,8-9H2,(H,17,18). The molecule has 1 aromatic carbocycles. The van der Waals surface area contributed by atoms with Gasteiger partial charge in [-0.3, -0.25) is 0 Å². The number of halogens is 1. The molecular weight excluding hydrogens is 250 g/mol. The summed E-state index contributed by atoms with van der Waals surface area (Å²) in [5, 5.41) is 9.79. The van der Waals surface area contributed by atoms with Crippen LogP contribution in [0, 0.1) is 5.41 Å². The lowest BCUT2D eigenvalue weighted by Crippen LogP contribution is -2.43. The maximum absolute atomic E-state index is 10.9. The van der Waals surface area contributed by atoms with Crippen LogP contribution in [0.1, 0.15) is 24.0 Å². The fraction of sp³-hybridized carbons (Fsp3) is 0.500. The maximum Gasteiger partial charge on any atom is 0.407 e. The van der Waals surface area contributed by atoms with E-state index in [1.54, 1.807) is 0 Å². The van der Waals surface area contributed by atoms with Gasteiger partial charge in [0.25, 0.3) is 0 Å². The van der Waals surface area contributed by atoms with Gasteiger partial charge in [0, 0.05) is 18.1 Å². The van der Waals surface area contributed by atoms with Crippen molar-refractivity contribution in [3.05, 3.63) is 34.3 Å². The second kappa shape index (κ2) is 4.16. The quantitative estimate of drug-likeness (QED) is 0.783. The summed E-state index contributed by atoms with van der Waals surface area (Å²) in [7, 11) is 0. The van der Waals surface area contributed by atoms with Crippen LogP contribution in [0.25, 0.3) is 0 Å². The molecule has 3 nitrogen and oxygen atoms in total. The predicted molar refractivity (Wildman–Crippen MR) is 70.1 cm³/mol. The lowest BCUT2D eigenvalue weighted by Gasteiger charge is -2.38. The molecule has 1 spiro atoms. The molecule has 1 aliphatic carbocycles. The number of amides is 1. The highest BCUT2D eigenvalue weighted by atomic mass is 35.5. The minimum absolute atomic E-state index is 0.277. The average Bonchev–Trinajstić information content (AvgIpc) is 2.66. The molecule has 96 valence electrons. The zero-order valence-corrected chi connectivity index (χ0v) is 10.9. The van der Waals surface area contributed by atoms with Crippen LogP contribution < -0.4 is 0 Å². The van der Waals surface area contributed by atoms with E-state index < -0.39 is 6.09 Å². The van der Waals surface area contributed by atoms with Crippen molar-refractivity contribution in [2.75, 3.05) is 13.1 Å². The zero-order valence-electron chi connectivity index (χ0n) is 10.2. The number of fused-ring (bicyclic) bond motifs is 1. The van der Waals surface area contributed by atoms with Crippen molar-refractivity contribution in [2.45, 2.75) is 25.7 Å². The largest absolute Gasteiger partial charge is 0.465 e. The number of likely N-dealkylation sites (tertiary alicyclic amines) is 1. The Labute approximate surface area is 111 Å². The fourth-order valence-electron chi connectivity index (χ4n) is 3.33. The predicted octanol–water partition coefficient (Wildman–Crippen LogP) is 3.20. The first-order chi connectivity index (χ1) is 8.58. The van der Waals surface area contributed by atoms with E-state index >= 15 is 0 Å². The Morgan fingerprint density at radius 3 is 2.56 bits per heavy atom. The zero-order chi connectivity index (χ0) is 12.8. The molecule has 0 saturated carbocycles. The Bertz CT molecular complexity index is 493. The van der Waals surface area contributed by atoms with Crippen molar-refractivity contribution in [2.24, 2.45) is 5.41 Å². The summed E-state index contributed by atoms with van der Waals surface area (Å²) in [4.78, 5) is 12.5. The molecule has 1 fully saturated rings. The van der Waals surface area contributed by atoms with Gasteiger partial charge in [-0.15, -0.1) is 0 Å². The summed E-state index contributed by atoms with van der Waals surface area (Å²) in [5.41, 5.74) is 3.02. The Hall–Kier alpha value is -1.22. The first kappa shape index (κ1) is 11.8. The van der Waals surface area contributed by atoms with E-state index in [4.69, 9.17) is 16.7 Å². The first-order valence-electron chi connectivity index (χ1n) is 6.33. The van der Waals surface area contributed by atoms with Gasteiger partial charge in [-0.25, -0.2) is 4.79 Å². The number of benzene rings is 1. The normalized spacial score (nSPS) is 21.1. The van der Waals surface area contributed by atoms with Gasteiger partial charge in [-0.05, 0) is 54.4 Å². The van der Waals surface area contributed by atoms with E-state index in [9.17, 15) is 4.79 Å². The van der Waals surface area contributed by atoms with Crippen LogP contribution in [-0.2, 0) is 12.8 Å². The Morgan fingerprint density at radius 1 is 1.22 bits per heavy atom.